The summed E-state index contributed by atoms with van der Waals surface area (Å²) in [5, 5.41) is 9.88. The number of hydrogen-bond acceptors (Lipinski definition) is 1. The van der Waals surface area contributed by atoms with Crippen molar-refractivity contribution in [3.05, 3.63) is 34.9 Å². The zero-order valence-corrected chi connectivity index (χ0v) is 10.2. The quantitative estimate of drug-likeness (QED) is 0.804. The van der Waals surface area contributed by atoms with Gasteiger partial charge in [0.2, 0.25) is 0 Å². The number of unbranched alkanes of at least 4 members (excludes halogenated alkanes) is 1. The largest absolute Gasteiger partial charge is 0.393 e. The summed E-state index contributed by atoms with van der Waals surface area (Å²) in [6.07, 6.45) is 7.69. The molecule has 0 radical (unpaired) electrons. The Morgan fingerprint density at radius 1 is 1.25 bits per heavy atom. The minimum Gasteiger partial charge on any atom is -0.393 e. The summed E-state index contributed by atoms with van der Waals surface area (Å²) in [6, 6.07) is 6.75. The SMILES string of the molecule is CCCCC(O)Cc1ccc2c(c1)CCC2. The van der Waals surface area contributed by atoms with Gasteiger partial charge in [-0.05, 0) is 48.8 Å². The van der Waals surface area contributed by atoms with E-state index in [4.69, 9.17) is 0 Å². The van der Waals surface area contributed by atoms with Crippen LogP contribution in [0.1, 0.15) is 49.3 Å². The van der Waals surface area contributed by atoms with Gasteiger partial charge < -0.3 is 5.11 Å². The number of benzene rings is 1. The van der Waals surface area contributed by atoms with E-state index in [0.717, 1.165) is 19.3 Å². The Bertz CT molecular complexity index is 343. The molecule has 0 saturated carbocycles. The fourth-order valence-electron chi connectivity index (χ4n) is 2.57. The molecule has 0 saturated heterocycles. The molecule has 1 unspecified atom stereocenters. The molecule has 88 valence electrons. The average Bonchev–Trinajstić information content (AvgIpc) is 2.73. The van der Waals surface area contributed by atoms with Crippen LogP contribution >= 0.6 is 0 Å². The molecule has 0 aromatic heterocycles. The molecule has 1 nitrogen and oxygen atoms in total. The molecule has 0 spiro atoms. The predicted octanol–water partition coefficient (Wildman–Crippen LogP) is 3.27. The summed E-state index contributed by atoms with van der Waals surface area (Å²) >= 11 is 0. The Morgan fingerprint density at radius 3 is 2.88 bits per heavy atom. The molecule has 0 aliphatic heterocycles. The maximum absolute atomic E-state index is 9.88. The zero-order chi connectivity index (χ0) is 11.4. The lowest BCUT2D eigenvalue weighted by Crippen LogP contribution is -2.10. The summed E-state index contributed by atoms with van der Waals surface area (Å²) in [6.45, 7) is 2.17. The average molecular weight is 218 g/mol. The van der Waals surface area contributed by atoms with Crippen LogP contribution in [0.25, 0.3) is 0 Å². The van der Waals surface area contributed by atoms with Crippen molar-refractivity contribution < 1.29 is 5.11 Å². The summed E-state index contributed by atoms with van der Waals surface area (Å²) in [7, 11) is 0. The molecule has 1 atom stereocenters. The van der Waals surface area contributed by atoms with Gasteiger partial charge in [-0.25, -0.2) is 0 Å². The molecule has 16 heavy (non-hydrogen) atoms. The van der Waals surface area contributed by atoms with Crippen molar-refractivity contribution >= 4 is 0 Å². The van der Waals surface area contributed by atoms with Gasteiger partial charge in [-0.2, -0.15) is 0 Å². The summed E-state index contributed by atoms with van der Waals surface area (Å²) in [5.41, 5.74) is 4.34. The van der Waals surface area contributed by atoms with Gasteiger partial charge in [0.25, 0.3) is 0 Å². The van der Waals surface area contributed by atoms with E-state index < -0.39 is 0 Å². The molecule has 1 N–H and O–H groups in total. The van der Waals surface area contributed by atoms with Crippen LogP contribution in [0.3, 0.4) is 0 Å². The molecule has 1 aromatic carbocycles. The highest BCUT2D eigenvalue weighted by atomic mass is 16.3. The first kappa shape index (κ1) is 11.7. The highest BCUT2D eigenvalue weighted by molar-refractivity contribution is 5.35. The van der Waals surface area contributed by atoms with Crippen LogP contribution in [0, 0.1) is 0 Å². The van der Waals surface area contributed by atoms with Gasteiger partial charge in [-0.1, -0.05) is 38.0 Å². The van der Waals surface area contributed by atoms with E-state index in [1.54, 1.807) is 0 Å². The molecule has 2 rings (SSSR count). The summed E-state index contributed by atoms with van der Waals surface area (Å²) < 4.78 is 0. The number of hydrogen-bond donors (Lipinski definition) is 1. The van der Waals surface area contributed by atoms with Gasteiger partial charge >= 0.3 is 0 Å². The lowest BCUT2D eigenvalue weighted by atomic mass is 10.00. The Labute approximate surface area is 98.5 Å². The Hall–Kier alpha value is -0.820. The van der Waals surface area contributed by atoms with Crippen molar-refractivity contribution in [2.75, 3.05) is 0 Å². The minimum atomic E-state index is -0.153. The molecule has 1 aliphatic carbocycles. The molecule has 0 heterocycles. The minimum absolute atomic E-state index is 0.153. The standard InChI is InChI=1S/C15H22O/c1-2-3-7-15(16)11-12-8-9-13-5-4-6-14(13)10-12/h8-10,15-16H,2-7,11H2,1H3. The third-order valence-corrected chi connectivity index (χ3v) is 3.53. The molecule has 0 fully saturated rings. The molecule has 1 heteroatoms. The van der Waals surface area contributed by atoms with Crippen LogP contribution in [0.2, 0.25) is 0 Å². The highest BCUT2D eigenvalue weighted by Gasteiger charge is 2.12. The number of fused-ring (bicyclic) bond motifs is 1. The number of aryl methyl sites for hydroxylation is 2. The van der Waals surface area contributed by atoms with Crippen molar-refractivity contribution in [3.63, 3.8) is 0 Å². The van der Waals surface area contributed by atoms with Crippen molar-refractivity contribution in [2.45, 2.75) is 58.0 Å². The second-order valence-electron chi connectivity index (χ2n) is 4.96. The van der Waals surface area contributed by atoms with Crippen molar-refractivity contribution in [1.29, 1.82) is 0 Å². The molecule has 0 amide bonds. The normalized spacial score (nSPS) is 16.1. The summed E-state index contributed by atoms with van der Waals surface area (Å²) in [5.74, 6) is 0. The lowest BCUT2D eigenvalue weighted by molar-refractivity contribution is 0.162. The number of rotatable bonds is 5. The fraction of sp³-hybridized carbons (Fsp3) is 0.600. The molecular weight excluding hydrogens is 196 g/mol. The van der Waals surface area contributed by atoms with Crippen molar-refractivity contribution in [1.82, 2.24) is 0 Å². The number of aliphatic hydroxyl groups is 1. The van der Waals surface area contributed by atoms with Crippen LogP contribution < -0.4 is 0 Å². The van der Waals surface area contributed by atoms with Gasteiger partial charge in [-0.15, -0.1) is 0 Å². The lowest BCUT2D eigenvalue weighted by Gasteiger charge is -2.11. The van der Waals surface area contributed by atoms with E-state index in [9.17, 15) is 5.11 Å². The maximum atomic E-state index is 9.88. The topological polar surface area (TPSA) is 20.2 Å². The maximum Gasteiger partial charge on any atom is 0.0580 e. The molecule has 1 aromatic rings. The first-order valence-corrected chi connectivity index (χ1v) is 6.58. The monoisotopic (exact) mass is 218 g/mol. The molecule has 0 bridgehead atoms. The number of aliphatic hydroxyl groups excluding tert-OH is 1. The van der Waals surface area contributed by atoms with Gasteiger partial charge in [0.15, 0.2) is 0 Å². The van der Waals surface area contributed by atoms with E-state index in [1.165, 1.54) is 42.4 Å². The fourth-order valence-corrected chi connectivity index (χ4v) is 2.57. The van der Waals surface area contributed by atoms with Gasteiger partial charge in [-0.3, -0.25) is 0 Å². The van der Waals surface area contributed by atoms with E-state index in [1.807, 2.05) is 0 Å². The highest BCUT2D eigenvalue weighted by Crippen LogP contribution is 2.23. The van der Waals surface area contributed by atoms with Crippen LogP contribution in [0.15, 0.2) is 18.2 Å². The van der Waals surface area contributed by atoms with Gasteiger partial charge in [0.1, 0.15) is 0 Å². The predicted molar refractivity (Wildman–Crippen MR) is 67.7 cm³/mol. The van der Waals surface area contributed by atoms with Gasteiger partial charge in [0.05, 0.1) is 6.10 Å². The molecular formula is C15H22O. The van der Waals surface area contributed by atoms with E-state index in [2.05, 4.69) is 25.1 Å². The third-order valence-electron chi connectivity index (χ3n) is 3.53. The van der Waals surface area contributed by atoms with E-state index in [-0.39, 0.29) is 6.10 Å². The van der Waals surface area contributed by atoms with Crippen molar-refractivity contribution in [3.8, 4) is 0 Å². The van der Waals surface area contributed by atoms with Crippen LogP contribution in [-0.2, 0) is 19.3 Å². The first-order chi connectivity index (χ1) is 7.79. The third kappa shape index (κ3) is 2.85. The zero-order valence-electron chi connectivity index (χ0n) is 10.2. The second-order valence-corrected chi connectivity index (χ2v) is 4.96. The van der Waals surface area contributed by atoms with E-state index >= 15 is 0 Å². The Balaban J connectivity index is 1.94. The summed E-state index contributed by atoms with van der Waals surface area (Å²) in [4.78, 5) is 0. The van der Waals surface area contributed by atoms with Crippen LogP contribution in [0.5, 0.6) is 0 Å². The second kappa shape index (κ2) is 5.49. The van der Waals surface area contributed by atoms with Crippen molar-refractivity contribution in [2.24, 2.45) is 0 Å². The van der Waals surface area contributed by atoms with Crippen LogP contribution in [-0.4, -0.2) is 11.2 Å². The van der Waals surface area contributed by atoms with Crippen LogP contribution in [0.4, 0.5) is 0 Å². The molecule has 1 aliphatic rings. The Morgan fingerprint density at radius 2 is 2.06 bits per heavy atom. The van der Waals surface area contributed by atoms with Gasteiger partial charge in [0, 0.05) is 0 Å². The first-order valence-electron chi connectivity index (χ1n) is 6.58. The smallest absolute Gasteiger partial charge is 0.0580 e. The van der Waals surface area contributed by atoms with E-state index in [0.29, 0.717) is 0 Å². The Kier molecular flexibility index (Phi) is 4.00.